The molecule has 1 heterocycles. The first-order valence-electron chi connectivity index (χ1n) is 11.0. The summed E-state index contributed by atoms with van der Waals surface area (Å²) in [6.45, 7) is 8.03. The van der Waals surface area contributed by atoms with Gasteiger partial charge < -0.3 is 24.8 Å². The molecule has 2 aromatic rings. The van der Waals surface area contributed by atoms with Gasteiger partial charge in [-0.3, -0.25) is 0 Å². The predicted octanol–water partition coefficient (Wildman–Crippen LogP) is 4.43. The fraction of sp³-hybridized carbons (Fsp3) is 0.480. The summed E-state index contributed by atoms with van der Waals surface area (Å²) >= 11 is 0. The molecular formula is C25H36IN3O3. The van der Waals surface area contributed by atoms with Gasteiger partial charge in [-0.1, -0.05) is 30.3 Å². The lowest BCUT2D eigenvalue weighted by Gasteiger charge is -2.39. The van der Waals surface area contributed by atoms with Gasteiger partial charge in [0.1, 0.15) is 0 Å². The first-order valence-corrected chi connectivity index (χ1v) is 11.0. The Bertz CT molecular complexity index is 882. The van der Waals surface area contributed by atoms with Crippen molar-refractivity contribution >= 4 is 29.9 Å². The number of aryl methyl sites for hydroxylation is 1. The van der Waals surface area contributed by atoms with Crippen LogP contribution in [0.3, 0.4) is 0 Å². The Morgan fingerprint density at radius 3 is 2.41 bits per heavy atom. The fourth-order valence-corrected chi connectivity index (χ4v) is 4.22. The minimum absolute atomic E-state index is 0. The van der Waals surface area contributed by atoms with Crippen molar-refractivity contribution in [1.29, 1.82) is 0 Å². The number of methoxy groups -OCH3 is 2. The molecule has 0 spiro atoms. The van der Waals surface area contributed by atoms with Crippen molar-refractivity contribution in [3.63, 3.8) is 0 Å². The van der Waals surface area contributed by atoms with Crippen molar-refractivity contribution < 1.29 is 14.2 Å². The number of nitrogens with zero attached hydrogens (tertiary/aromatic N) is 1. The number of benzene rings is 2. The van der Waals surface area contributed by atoms with Crippen LogP contribution in [-0.4, -0.2) is 46.5 Å². The molecule has 0 saturated carbocycles. The third-order valence-corrected chi connectivity index (χ3v) is 5.97. The van der Waals surface area contributed by atoms with Gasteiger partial charge >= 0.3 is 0 Å². The lowest BCUT2D eigenvalue weighted by molar-refractivity contribution is 0.0512. The smallest absolute Gasteiger partial charge is 0.191 e. The average Bonchev–Trinajstić information content (AvgIpc) is 2.81. The lowest BCUT2D eigenvalue weighted by atomic mass is 9.72. The van der Waals surface area contributed by atoms with Crippen molar-refractivity contribution in [1.82, 2.24) is 10.6 Å². The summed E-state index contributed by atoms with van der Waals surface area (Å²) in [5.41, 5.74) is 3.85. The number of halogens is 1. The highest BCUT2D eigenvalue weighted by Crippen LogP contribution is 2.36. The molecule has 0 radical (unpaired) electrons. The Labute approximate surface area is 209 Å². The molecule has 2 N–H and O–H groups in total. The molecule has 0 atom stereocenters. The minimum Gasteiger partial charge on any atom is -0.493 e. The average molecular weight is 553 g/mol. The SMILES string of the molecule is CCNC(=NCc1ccc(OC)c(OC)c1)NCC1(c2ccccc2C)CCOCC1.I. The van der Waals surface area contributed by atoms with E-state index in [1.54, 1.807) is 14.2 Å². The van der Waals surface area contributed by atoms with Crippen LogP contribution in [0.1, 0.15) is 36.5 Å². The summed E-state index contributed by atoms with van der Waals surface area (Å²) in [6.07, 6.45) is 2.00. The monoisotopic (exact) mass is 553 g/mol. The van der Waals surface area contributed by atoms with Crippen LogP contribution >= 0.6 is 24.0 Å². The largest absolute Gasteiger partial charge is 0.493 e. The van der Waals surface area contributed by atoms with E-state index in [0.717, 1.165) is 56.4 Å². The van der Waals surface area contributed by atoms with Crippen LogP contribution < -0.4 is 20.1 Å². The Hall–Kier alpha value is -2.00. The Morgan fingerprint density at radius 1 is 1.03 bits per heavy atom. The van der Waals surface area contributed by atoms with Crippen molar-refractivity contribution in [2.24, 2.45) is 4.99 Å². The maximum Gasteiger partial charge on any atom is 0.191 e. The van der Waals surface area contributed by atoms with Gasteiger partial charge in [-0.05, 0) is 55.5 Å². The van der Waals surface area contributed by atoms with Crippen LogP contribution in [-0.2, 0) is 16.7 Å². The van der Waals surface area contributed by atoms with Crippen LogP contribution in [0, 0.1) is 6.92 Å². The topological polar surface area (TPSA) is 64.1 Å². The standard InChI is InChI=1S/C25H35N3O3.HI/c1-5-26-24(27-17-20-10-11-22(29-3)23(16-20)30-4)28-18-25(12-14-31-15-13-25)21-9-7-6-8-19(21)2;/h6-11,16H,5,12-15,17-18H2,1-4H3,(H2,26,27,28);1H. The van der Waals surface area contributed by atoms with E-state index in [9.17, 15) is 0 Å². The van der Waals surface area contributed by atoms with Gasteiger partial charge in [-0.2, -0.15) is 0 Å². The number of nitrogens with one attached hydrogen (secondary N) is 2. The van der Waals surface area contributed by atoms with E-state index in [2.05, 4.69) is 48.7 Å². The van der Waals surface area contributed by atoms with Crippen molar-refractivity contribution in [2.45, 2.75) is 38.6 Å². The van der Waals surface area contributed by atoms with Crippen molar-refractivity contribution in [3.8, 4) is 11.5 Å². The van der Waals surface area contributed by atoms with Gasteiger partial charge in [-0.15, -0.1) is 24.0 Å². The molecule has 176 valence electrons. The third-order valence-electron chi connectivity index (χ3n) is 5.97. The number of ether oxygens (including phenoxy) is 3. The molecule has 3 rings (SSSR count). The molecule has 0 aliphatic carbocycles. The Balaban J connectivity index is 0.00000363. The highest BCUT2D eigenvalue weighted by molar-refractivity contribution is 14.0. The maximum absolute atomic E-state index is 5.69. The van der Waals surface area contributed by atoms with Crippen molar-refractivity contribution in [2.75, 3.05) is 40.5 Å². The van der Waals surface area contributed by atoms with Gasteiger partial charge in [0.15, 0.2) is 17.5 Å². The van der Waals surface area contributed by atoms with E-state index >= 15 is 0 Å². The second-order valence-corrected chi connectivity index (χ2v) is 7.95. The summed E-state index contributed by atoms with van der Waals surface area (Å²) in [5.74, 6) is 2.26. The number of hydrogen-bond acceptors (Lipinski definition) is 4. The zero-order valence-corrected chi connectivity index (χ0v) is 21.9. The van der Waals surface area contributed by atoms with Gasteiger partial charge in [0.2, 0.25) is 0 Å². The molecule has 2 aromatic carbocycles. The second-order valence-electron chi connectivity index (χ2n) is 7.95. The predicted molar refractivity (Wildman–Crippen MR) is 141 cm³/mol. The molecule has 1 aliphatic heterocycles. The second kappa shape index (κ2) is 12.9. The lowest BCUT2D eigenvalue weighted by Crippen LogP contribution is -2.48. The molecule has 1 fully saturated rings. The molecule has 0 amide bonds. The number of hydrogen-bond donors (Lipinski definition) is 2. The van der Waals surface area contributed by atoms with Gasteiger partial charge in [0, 0.05) is 31.7 Å². The molecule has 7 heteroatoms. The van der Waals surface area contributed by atoms with Gasteiger partial charge in [0.25, 0.3) is 0 Å². The molecule has 1 aliphatic rings. The fourth-order valence-electron chi connectivity index (χ4n) is 4.22. The minimum atomic E-state index is 0. The number of guanidine groups is 1. The van der Waals surface area contributed by atoms with E-state index in [0.29, 0.717) is 12.3 Å². The van der Waals surface area contributed by atoms with Gasteiger partial charge in [-0.25, -0.2) is 4.99 Å². The van der Waals surface area contributed by atoms with E-state index in [-0.39, 0.29) is 29.4 Å². The quantitative estimate of drug-likeness (QED) is 0.288. The first kappa shape index (κ1) is 26.3. The van der Waals surface area contributed by atoms with E-state index < -0.39 is 0 Å². The third kappa shape index (κ3) is 6.51. The molecule has 32 heavy (non-hydrogen) atoms. The molecule has 0 unspecified atom stereocenters. The van der Waals surface area contributed by atoms with E-state index in [1.165, 1.54) is 11.1 Å². The highest BCUT2D eigenvalue weighted by atomic mass is 127. The highest BCUT2D eigenvalue weighted by Gasteiger charge is 2.35. The Kier molecular flexibility index (Phi) is 10.6. The molecular weight excluding hydrogens is 517 g/mol. The van der Waals surface area contributed by atoms with Crippen LogP contribution in [0.15, 0.2) is 47.5 Å². The Morgan fingerprint density at radius 2 is 1.75 bits per heavy atom. The van der Waals surface area contributed by atoms with Gasteiger partial charge in [0.05, 0.1) is 20.8 Å². The zero-order chi connectivity index (χ0) is 22.1. The van der Waals surface area contributed by atoms with E-state index in [1.807, 2.05) is 18.2 Å². The summed E-state index contributed by atoms with van der Waals surface area (Å²) in [4.78, 5) is 4.81. The normalized spacial score (nSPS) is 15.4. The molecule has 6 nitrogen and oxygen atoms in total. The molecule has 0 aromatic heterocycles. The van der Waals surface area contributed by atoms with Crippen LogP contribution in [0.5, 0.6) is 11.5 Å². The summed E-state index contributed by atoms with van der Waals surface area (Å²) < 4.78 is 16.4. The van der Waals surface area contributed by atoms with Crippen LogP contribution in [0.4, 0.5) is 0 Å². The maximum atomic E-state index is 5.69. The molecule has 1 saturated heterocycles. The number of aliphatic imine (C=N–C) groups is 1. The number of rotatable bonds is 8. The summed E-state index contributed by atoms with van der Waals surface area (Å²) in [6, 6.07) is 14.6. The summed E-state index contributed by atoms with van der Waals surface area (Å²) in [5, 5.41) is 6.98. The zero-order valence-electron chi connectivity index (χ0n) is 19.6. The van der Waals surface area contributed by atoms with Crippen LogP contribution in [0.25, 0.3) is 0 Å². The van der Waals surface area contributed by atoms with Crippen molar-refractivity contribution in [3.05, 3.63) is 59.2 Å². The van der Waals surface area contributed by atoms with Crippen LogP contribution in [0.2, 0.25) is 0 Å². The summed E-state index contributed by atoms with van der Waals surface area (Å²) in [7, 11) is 3.29. The van der Waals surface area contributed by atoms with E-state index in [4.69, 9.17) is 19.2 Å². The molecule has 0 bridgehead atoms. The first-order chi connectivity index (χ1) is 15.1.